The van der Waals surface area contributed by atoms with Gasteiger partial charge in [-0.2, -0.15) is 0 Å². The van der Waals surface area contributed by atoms with E-state index in [2.05, 4.69) is 5.32 Å². The summed E-state index contributed by atoms with van der Waals surface area (Å²) in [6.07, 6.45) is 0.258. The number of imide groups is 1. The first-order chi connectivity index (χ1) is 12.4. The second kappa shape index (κ2) is 6.79. The number of esters is 1. The number of fused-ring (bicyclic) bond motifs is 1. The molecule has 0 bridgehead atoms. The van der Waals surface area contributed by atoms with Crippen LogP contribution in [0.1, 0.15) is 38.8 Å². The summed E-state index contributed by atoms with van der Waals surface area (Å²) in [5.41, 5.74) is -1.06. The Bertz CT molecular complexity index is 753. The highest BCUT2D eigenvalue weighted by molar-refractivity contribution is 6.09. The maximum absolute atomic E-state index is 14.4. The van der Waals surface area contributed by atoms with Gasteiger partial charge in [-0.3, -0.25) is 24.6 Å². The van der Waals surface area contributed by atoms with Crippen LogP contribution in [0.3, 0.4) is 0 Å². The lowest BCUT2D eigenvalue weighted by Crippen LogP contribution is -2.56. The topological polar surface area (TPSA) is 75.7 Å². The SMILES string of the molecule is CCOC(=O)[C@]1(CC)N[C@H](c2ccccc2F)[C@H]2C(=O)N(CC)C(=O)[C@@H]21. The average molecular weight is 362 g/mol. The van der Waals surface area contributed by atoms with Crippen molar-refractivity contribution in [3.05, 3.63) is 35.6 Å². The van der Waals surface area contributed by atoms with Gasteiger partial charge in [0.1, 0.15) is 11.4 Å². The molecule has 2 aliphatic rings. The van der Waals surface area contributed by atoms with E-state index in [9.17, 15) is 18.8 Å². The molecule has 2 aliphatic heterocycles. The maximum Gasteiger partial charge on any atom is 0.327 e. The molecule has 1 aromatic rings. The molecule has 2 saturated heterocycles. The van der Waals surface area contributed by atoms with Gasteiger partial charge in [-0.25, -0.2) is 4.39 Å². The second-order valence-corrected chi connectivity index (χ2v) is 6.61. The lowest BCUT2D eigenvalue weighted by Gasteiger charge is -2.31. The number of nitrogens with one attached hydrogen (secondary N) is 1. The van der Waals surface area contributed by atoms with Crippen molar-refractivity contribution in [2.24, 2.45) is 11.8 Å². The summed E-state index contributed by atoms with van der Waals surface area (Å²) < 4.78 is 19.7. The van der Waals surface area contributed by atoms with Gasteiger partial charge in [0.25, 0.3) is 0 Å². The molecule has 0 spiro atoms. The van der Waals surface area contributed by atoms with Gasteiger partial charge in [0.2, 0.25) is 11.8 Å². The highest BCUT2D eigenvalue weighted by Gasteiger charge is 2.68. The number of hydrogen-bond donors (Lipinski definition) is 1. The number of amides is 2. The number of likely N-dealkylation sites (tertiary alicyclic amines) is 1. The number of hydrogen-bond acceptors (Lipinski definition) is 5. The number of carbonyl (C=O) groups is 3. The maximum atomic E-state index is 14.4. The van der Waals surface area contributed by atoms with Gasteiger partial charge in [0, 0.05) is 18.2 Å². The fraction of sp³-hybridized carbons (Fsp3) is 0.526. The molecule has 7 heteroatoms. The zero-order chi connectivity index (χ0) is 19.1. The third kappa shape index (κ3) is 2.45. The Morgan fingerprint density at radius 3 is 2.50 bits per heavy atom. The highest BCUT2D eigenvalue weighted by atomic mass is 19.1. The Balaban J connectivity index is 2.15. The van der Waals surface area contributed by atoms with Crippen LogP contribution in [0, 0.1) is 17.7 Å². The molecule has 3 rings (SSSR count). The Labute approximate surface area is 151 Å². The smallest absolute Gasteiger partial charge is 0.327 e. The second-order valence-electron chi connectivity index (χ2n) is 6.61. The Morgan fingerprint density at radius 1 is 1.23 bits per heavy atom. The van der Waals surface area contributed by atoms with E-state index in [1.54, 1.807) is 39.0 Å². The van der Waals surface area contributed by atoms with Gasteiger partial charge in [0.05, 0.1) is 18.4 Å². The first-order valence-electron chi connectivity index (χ1n) is 8.97. The van der Waals surface area contributed by atoms with Crippen LogP contribution in [-0.4, -0.2) is 41.4 Å². The molecule has 26 heavy (non-hydrogen) atoms. The molecule has 6 nitrogen and oxygen atoms in total. The summed E-state index contributed by atoms with van der Waals surface area (Å²) in [4.78, 5) is 39.8. The van der Waals surface area contributed by atoms with Gasteiger partial charge in [0.15, 0.2) is 0 Å². The van der Waals surface area contributed by atoms with Crippen LogP contribution < -0.4 is 5.32 Å². The molecule has 2 fully saturated rings. The lowest BCUT2D eigenvalue weighted by molar-refractivity contribution is -0.156. The van der Waals surface area contributed by atoms with Crippen molar-refractivity contribution in [1.29, 1.82) is 0 Å². The quantitative estimate of drug-likeness (QED) is 0.639. The van der Waals surface area contributed by atoms with Crippen LogP contribution in [0.25, 0.3) is 0 Å². The van der Waals surface area contributed by atoms with Crippen LogP contribution in [0.5, 0.6) is 0 Å². The molecular weight excluding hydrogens is 339 g/mol. The Hall–Kier alpha value is -2.28. The highest BCUT2D eigenvalue weighted by Crippen LogP contribution is 2.50. The molecular formula is C19H23FN2O4. The monoisotopic (exact) mass is 362 g/mol. The fourth-order valence-electron chi connectivity index (χ4n) is 4.28. The molecule has 0 radical (unpaired) electrons. The molecule has 140 valence electrons. The molecule has 0 saturated carbocycles. The van der Waals surface area contributed by atoms with Gasteiger partial charge in [-0.05, 0) is 26.3 Å². The van der Waals surface area contributed by atoms with Crippen molar-refractivity contribution < 1.29 is 23.5 Å². The summed E-state index contributed by atoms with van der Waals surface area (Å²) in [5, 5.41) is 3.12. The number of nitrogens with zero attached hydrogens (tertiary/aromatic N) is 1. The summed E-state index contributed by atoms with van der Waals surface area (Å²) in [6, 6.07) is 5.35. The summed E-state index contributed by atoms with van der Waals surface area (Å²) in [6.45, 7) is 5.53. The van der Waals surface area contributed by atoms with E-state index in [4.69, 9.17) is 4.74 Å². The lowest BCUT2D eigenvalue weighted by atomic mass is 9.78. The fourth-order valence-corrected chi connectivity index (χ4v) is 4.28. The minimum absolute atomic E-state index is 0.156. The van der Waals surface area contributed by atoms with Gasteiger partial charge < -0.3 is 4.74 Å². The predicted octanol–water partition coefficient (Wildman–Crippen LogP) is 1.80. The van der Waals surface area contributed by atoms with Crippen molar-refractivity contribution >= 4 is 17.8 Å². The number of benzene rings is 1. The van der Waals surface area contributed by atoms with Crippen LogP contribution in [0.4, 0.5) is 4.39 Å². The summed E-state index contributed by atoms with van der Waals surface area (Å²) in [7, 11) is 0. The molecule has 2 heterocycles. The number of ether oxygens (including phenoxy) is 1. The van der Waals surface area contributed by atoms with Crippen molar-refractivity contribution in [1.82, 2.24) is 10.2 Å². The van der Waals surface area contributed by atoms with Crippen LogP contribution >= 0.6 is 0 Å². The zero-order valence-corrected chi connectivity index (χ0v) is 15.1. The third-order valence-electron chi connectivity index (χ3n) is 5.50. The van der Waals surface area contributed by atoms with E-state index < -0.39 is 41.1 Å². The summed E-state index contributed by atoms with van der Waals surface area (Å²) in [5.74, 6) is -3.55. The van der Waals surface area contributed by atoms with Gasteiger partial charge >= 0.3 is 5.97 Å². The van der Waals surface area contributed by atoms with Crippen molar-refractivity contribution in [3.63, 3.8) is 0 Å². The molecule has 0 unspecified atom stereocenters. The van der Waals surface area contributed by atoms with Crippen molar-refractivity contribution in [2.45, 2.75) is 38.8 Å². The van der Waals surface area contributed by atoms with E-state index in [-0.39, 0.29) is 31.0 Å². The minimum atomic E-state index is -1.34. The third-order valence-corrected chi connectivity index (χ3v) is 5.50. The number of rotatable bonds is 5. The minimum Gasteiger partial charge on any atom is -0.465 e. The standard InChI is InChI=1S/C19H23FN2O4/c1-4-19(18(25)26-6-3)14-13(16(23)22(5-2)17(14)24)15(21-19)11-9-7-8-10-12(11)20/h7-10,13-15,21H,4-6H2,1-3H3/t13-,14+,15+,19+/m0/s1. The van der Waals surface area contributed by atoms with Gasteiger partial charge in [-0.1, -0.05) is 25.1 Å². The first-order valence-corrected chi connectivity index (χ1v) is 8.97. The molecule has 0 aliphatic carbocycles. The average Bonchev–Trinajstić information content (AvgIpc) is 3.10. The van der Waals surface area contributed by atoms with Crippen molar-refractivity contribution in [2.75, 3.05) is 13.2 Å². The Morgan fingerprint density at radius 2 is 1.92 bits per heavy atom. The number of halogens is 1. The molecule has 1 aromatic carbocycles. The van der Waals surface area contributed by atoms with Crippen LogP contribution in [0.15, 0.2) is 24.3 Å². The molecule has 2 amide bonds. The van der Waals surface area contributed by atoms with Crippen LogP contribution in [-0.2, 0) is 19.1 Å². The first kappa shape index (κ1) is 18.5. The molecule has 0 aromatic heterocycles. The largest absolute Gasteiger partial charge is 0.465 e. The number of carbonyl (C=O) groups excluding carboxylic acids is 3. The zero-order valence-electron chi connectivity index (χ0n) is 15.1. The molecule has 4 atom stereocenters. The summed E-state index contributed by atoms with van der Waals surface area (Å²) >= 11 is 0. The Kier molecular flexibility index (Phi) is 4.84. The molecule has 1 N–H and O–H groups in total. The van der Waals surface area contributed by atoms with E-state index in [0.29, 0.717) is 0 Å². The van der Waals surface area contributed by atoms with Gasteiger partial charge in [-0.15, -0.1) is 0 Å². The van der Waals surface area contributed by atoms with Crippen LogP contribution in [0.2, 0.25) is 0 Å². The van der Waals surface area contributed by atoms with Crippen molar-refractivity contribution in [3.8, 4) is 0 Å². The van der Waals surface area contributed by atoms with E-state index in [0.717, 1.165) is 4.90 Å². The van der Waals surface area contributed by atoms with E-state index in [1.165, 1.54) is 6.07 Å². The van der Waals surface area contributed by atoms with E-state index in [1.807, 2.05) is 0 Å². The predicted molar refractivity (Wildman–Crippen MR) is 91.3 cm³/mol. The normalized spacial score (nSPS) is 30.6. The van der Waals surface area contributed by atoms with E-state index >= 15 is 0 Å².